The normalized spacial score (nSPS) is 24.3. The van der Waals surface area contributed by atoms with Crippen LogP contribution in [0.15, 0.2) is 18.2 Å². The van der Waals surface area contributed by atoms with Gasteiger partial charge in [0, 0.05) is 32.6 Å². The third-order valence-electron chi connectivity index (χ3n) is 7.99. The molecule has 3 heterocycles. The number of carbonyl (C=O) groups is 3. The molecule has 198 valence electrons. The van der Waals surface area contributed by atoms with Crippen LogP contribution in [0.5, 0.6) is 11.5 Å². The Bertz CT molecular complexity index is 952. The molecule has 0 unspecified atom stereocenters. The number of benzene rings is 1. The van der Waals surface area contributed by atoms with Crippen LogP contribution in [0.25, 0.3) is 0 Å². The van der Waals surface area contributed by atoms with Crippen LogP contribution in [0.4, 0.5) is 4.79 Å². The number of carbonyl (C=O) groups excluding carboxylic acids is 3. The Morgan fingerprint density at radius 2 is 1.86 bits per heavy atom. The van der Waals surface area contributed by atoms with Gasteiger partial charge in [0.2, 0.25) is 5.91 Å². The van der Waals surface area contributed by atoms with Crippen molar-refractivity contribution in [2.75, 3.05) is 47.4 Å². The largest absolute Gasteiger partial charge is 0.493 e. The minimum absolute atomic E-state index is 0.0359. The average molecular weight is 501 g/mol. The standard InChI is InChI=1S/C27H40N4O5/c1-29(18-20-7-6-15-30-14-5-4-8-22(20)30)25(32)12-10-21-26(33)31(27(34)28-21)16-13-19-9-11-23(35-2)24(17-19)36-3/h9,11,17,20-22H,4-8,10,12-16,18H2,1-3H3,(H,28,34)/t20-,21+,22+/m0/s1. The molecule has 1 aromatic carbocycles. The summed E-state index contributed by atoms with van der Waals surface area (Å²) in [4.78, 5) is 43.9. The van der Waals surface area contributed by atoms with Crippen LogP contribution >= 0.6 is 0 Å². The third-order valence-corrected chi connectivity index (χ3v) is 7.99. The molecular formula is C27H40N4O5. The van der Waals surface area contributed by atoms with Gasteiger partial charge in [-0.05, 0) is 75.2 Å². The zero-order valence-corrected chi connectivity index (χ0v) is 21.8. The van der Waals surface area contributed by atoms with E-state index < -0.39 is 12.1 Å². The minimum Gasteiger partial charge on any atom is -0.493 e. The summed E-state index contributed by atoms with van der Waals surface area (Å²) in [7, 11) is 5.02. The van der Waals surface area contributed by atoms with Crippen molar-refractivity contribution in [1.82, 2.24) is 20.0 Å². The molecule has 0 bridgehead atoms. The molecule has 3 aliphatic heterocycles. The summed E-state index contributed by atoms with van der Waals surface area (Å²) in [6.45, 7) is 3.40. The van der Waals surface area contributed by atoms with E-state index in [1.165, 1.54) is 50.1 Å². The third kappa shape index (κ3) is 5.94. The first-order valence-electron chi connectivity index (χ1n) is 13.2. The van der Waals surface area contributed by atoms with Crippen molar-refractivity contribution < 1.29 is 23.9 Å². The zero-order chi connectivity index (χ0) is 25.7. The van der Waals surface area contributed by atoms with E-state index in [-0.39, 0.29) is 24.8 Å². The molecule has 3 fully saturated rings. The molecule has 0 aromatic heterocycles. The lowest BCUT2D eigenvalue weighted by molar-refractivity contribution is -0.131. The average Bonchev–Trinajstić information content (AvgIpc) is 3.17. The highest BCUT2D eigenvalue weighted by atomic mass is 16.5. The number of rotatable bonds is 10. The highest BCUT2D eigenvalue weighted by Crippen LogP contribution is 2.31. The summed E-state index contributed by atoms with van der Waals surface area (Å²) in [5.41, 5.74) is 0.938. The molecule has 36 heavy (non-hydrogen) atoms. The lowest BCUT2D eigenvalue weighted by Gasteiger charge is -2.45. The Hall–Kier alpha value is -2.81. The van der Waals surface area contributed by atoms with Crippen LogP contribution in [-0.4, -0.2) is 92.1 Å². The van der Waals surface area contributed by atoms with Crippen LogP contribution in [0.3, 0.4) is 0 Å². The molecule has 3 saturated heterocycles. The zero-order valence-electron chi connectivity index (χ0n) is 21.8. The molecule has 3 atom stereocenters. The number of ether oxygens (including phenoxy) is 2. The number of nitrogens with zero attached hydrogens (tertiary/aromatic N) is 3. The molecule has 0 saturated carbocycles. The van der Waals surface area contributed by atoms with Crippen LogP contribution in [0, 0.1) is 5.92 Å². The molecule has 0 aliphatic carbocycles. The number of methoxy groups -OCH3 is 2. The number of imide groups is 1. The first-order valence-corrected chi connectivity index (χ1v) is 13.2. The van der Waals surface area contributed by atoms with E-state index in [1.807, 2.05) is 30.1 Å². The fourth-order valence-corrected chi connectivity index (χ4v) is 5.96. The van der Waals surface area contributed by atoms with Crippen LogP contribution in [0.2, 0.25) is 0 Å². The Labute approximate surface area is 214 Å². The summed E-state index contributed by atoms with van der Waals surface area (Å²) in [6.07, 6.45) is 7.24. The SMILES string of the molecule is COc1ccc(CCN2C(=O)N[C@H](CCC(=O)N(C)C[C@@H]3CCCN4CCCC[C@H]34)C2=O)cc1OC. The second-order valence-corrected chi connectivity index (χ2v) is 10.2. The van der Waals surface area contributed by atoms with Crippen LogP contribution < -0.4 is 14.8 Å². The molecular weight excluding hydrogens is 460 g/mol. The lowest BCUT2D eigenvalue weighted by atomic mass is 9.83. The van der Waals surface area contributed by atoms with Gasteiger partial charge in [-0.1, -0.05) is 12.5 Å². The molecule has 4 amide bonds. The fourth-order valence-electron chi connectivity index (χ4n) is 5.96. The van der Waals surface area contributed by atoms with Crippen molar-refractivity contribution in [3.63, 3.8) is 0 Å². The van der Waals surface area contributed by atoms with Crippen LogP contribution in [0.1, 0.15) is 50.5 Å². The van der Waals surface area contributed by atoms with Gasteiger partial charge in [0.25, 0.3) is 5.91 Å². The predicted molar refractivity (Wildman–Crippen MR) is 136 cm³/mol. The Morgan fingerprint density at radius 3 is 2.64 bits per heavy atom. The van der Waals surface area contributed by atoms with E-state index in [9.17, 15) is 14.4 Å². The van der Waals surface area contributed by atoms with Crippen molar-refractivity contribution in [2.24, 2.45) is 5.92 Å². The monoisotopic (exact) mass is 500 g/mol. The summed E-state index contributed by atoms with van der Waals surface area (Å²) < 4.78 is 10.6. The summed E-state index contributed by atoms with van der Waals surface area (Å²) >= 11 is 0. The maximum Gasteiger partial charge on any atom is 0.324 e. The van der Waals surface area contributed by atoms with Gasteiger partial charge in [-0.3, -0.25) is 14.5 Å². The molecule has 9 heteroatoms. The number of urea groups is 1. The van der Waals surface area contributed by atoms with Gasteiger partial charge in [-0.2, -0.15) is 0 Å². The highest BCUT2D eigenvalue weighted by Gasteiger charge is 2.38. The molecule has 3 aliphatic rings. The fraction of sp³-hybridized carbons (Fsp3) is 0.667. The molecule has 0 radical (unpaired) electrons. The maximum atomic E-state index is 12.9. The van der Waals surface area contributed by atoms with Crippen molar-refractivity contribution in [1.29, 1.82) is 0 Å². The number of piperidine rings is 2. The Balaban J connectivity index is 1.25. The van der Waals surface area contributed by atoms with Gasteiger partial charge in [0.15, 0.2) is 11.5 Å². The smallest absolute Gasteiger partial charge is 0.324 e. The quantitative estimate of drug-likeness (QED) is 0.497. The van der Waals surface area contributed by atoms with E-state index in [1.54, 1.807) is 14.2 Å². The first kappa shape index (κ1) is 26.3. The summed E-state index contributed by atoms with van der Waals surface area (Å²) in [5.74, 6) is 1.53. The summed E-state index contributed by atoms with van der Waals surface area (Å²) in [5, 5.41) is 2.76. The number of fused-ring (bicyclic) bond motifs is 1. The van der Waals surface area contributed by atoms with E-state index in [2.05, 4.69) is 10.2 Å². The number of hydrogen-bond donors (Lipinski definition) is 1. The number of amides is 4. The topological polar surface area (TPSA) is 91.4 Å². The van der Waals surface area contributed by atoms with Gasteiger partial charge in [0.05, 0.1) is 14.2 Å². The Morgan fingerprint density at radius 1 is 1.08 bits per heavy atom. The van der Waals surface area contributed by atoms with Crippen molar-refractivity contribution in [2.45, 2.75) is 63.5 Å². The molecule has 0 spiro atoms. The Kier molecular flexibility index (Phi) is 8.72. The van der Waals surface area contributed by atoms with E-state index >= 15 is 0 Å². The second-order valence-electron chi connectivity index (χ2n) is 10.2. The molecule has 1 aromatic rings. The molecule has 4 rings (SSSR count). The van der Waals surface area contributed by atoms with Gasteiger partial charge < -0.3 is 24.6 Å². The maximum absolute atomic E-state index is 12.9. The van der Waals surface area contributed by atoms with Gasteiger partial charge in [-0.15, -0.1) is 0 Å². The van der Waals surface area contributed by atoms with Crippen LogP contribution in [-0.2, 0) is 16.0 Å². The van der Waals surface area contributed by atoms with Gasteiger partial charge >= 0.3 is 6.03 Å². The van der Waals surface area contributed by atoms with Gasteiger partial charge in [-0.25, -0.2) is 4.79 Å². The molecule has 1 N–H and O–H groups in total. The highest BCUT2D eigenvalue weighted by molar-refractivity contribution is 6.04. The van der Waals surface area contributed by atoms with Crippen molar-refractivity contribution >= 4 is 17.8 Å². The second kappa shape index (κ2) is 12.0. The predicted octanol–water partition coefficient (Wildman–Crippen LogP) is 2.67. The van der Waals surface area contributed by atoms with E-state index in [4.69, 9.17) is 9.47 Å². The van der Waals surface area contributed by atoms with Gasteiger partial charge in [0.1, 0.15) is 6.04 Å². The minimum atomic E-state index is -0.649. The van der Waals surface area contributed by atoms with E-state index in [0.717, 1.165) is 12.1 Å². The lowest BCUT2D eigenvalue weighted by Crippen LogP contribution is -2.51. The first-order chi connectivity index (χ1) is 17.4. The van der Waals surface area contributed by atoms with Crippen molar-refractivity contribution in [3.05, 3.63) is 23.8 Å². The molecule has 9 nitrogen and oxygen atoms in total. The number of nitrogens with one attached hydrogen (secondary N) is 1. The van der Waals surface area contributed by atoms with Crippen molar-refractivity contribution in [3.8, 4) is 11.5 Å². The summed E-state index contributed by atoms with van der Waals surface area (Å²) in [6, 6.07) is 5.10. The number of hydrogen-bond acceptors (Lipinski definition) is 6. The van der Waals surface area contributed by atoms with E-state index in [0.29, 0.717) is 36.3 Å².